The van der Waals surface area contributed by atoms with Crippen molar-refractivity contribution in [3.63, 3.8) is 0 Å². The Kier molecular flexibility index (Phi) is 7.27. The Morgan fingerprint density at radius 3 is 1.12 bits per heavy atom. The maximum atomic E-state index is 6.18. The molecule has 0 saturated heterocycles. The smallest absolute Gasteiger partial charge is 0.0692 e. The van der Waals surface area contributed by atoms with Gasteiger partial charge in [-0.1, -0.05) is 12.8 Å². The van der Waals surface area contributed by atoms with Gasteiger partial charge in [0, 0.05) is 0 Å². The van der Waals surface area contributed by atoms with Crippen molar-refractivity contribution in [3.05, 3.63) is 0 Å². The fourth-order valence-corrected chi connectivity index (χ4v) is 3.90. The average molecular weight is 347 g/mol. The van der Waals surface area contributed by atoms with Crippen LogP contribution in [0.1, 0.15) is 25.7 Å². The van der Waals surface area contributed by atoms with E-state index < -0.39 is 10.8 Å². The van der Waals surface area contributed by atoms with Crippen LogP contribution in [-0.2, 0) is 0 Å². The van der Waals surface area contributed by atoms with E-state index in [1.807, 2.05) is 0 Å². The van der Waals surface area contributed by atoms with Gasteiger partial charge in [-0.05, 0) is 12.8 Å². The van der Waals surface area contributed by atoms with Crippen molar-refractivity contribution in [2.24, 2.45) is 0 Å². The van der Waals surface area contributed by atoms with E-state index in [1.54, 1.807) is 0 Å². The van der Waals surface area contributed by atoms with E-state index in [9.17, 15) is 0 Å². The second-order valence-corrected chi connectivity index (χ2v) is 7.23. The first-order valence-corrected chi connectivity index (χ1v) is 7.91. The van der Waals surface area contributed by atoms with Crippen LogP contribution in [0, 0.1) is 0 Å². The minimum absolute atomic E-state index is 0.166. The van der Waals surface area contributed by atoms with E-state index in [4.69, 9.17) is 69.6 Å². The Hall–Kier alpha value is 1.74. The van der Waals surface area contributed by atoms with Crippen molar-refractivity contribution in [1.82, 2.24) is 0 Å². The summed E-state index contributed by atoms with van der Waals surface area (Å²) in [5, 5.41) is -2.02. The van der Waals surface area contributed by atoms with Crippen molar-refractivity contribution in [2.45, 2.75) is 57.9 Å². The van der Waals surface area contributed by atoms with Crippen LogP contribution in [0.3, 0.4) is 0 Å². The molecule has 1 fully saturated rings. The molecule has 0 aromatic carbocycles. The fraction of sp³-hybridized carbons (Fsp3) is 1.00. The molecular formula is C10H14Cl6. The molecule has 0 bridgehead atoms. The molecule has 6 unspecified atom stereocenters. The molecule has 1 rings (SSSR count). The predicted molar refractivity (Wildman–Crippen MR) is 76.3 cm³/mol. The van der Waals surface area contributed by atoms with Gasteiger partial charge in [0.25, 0.3) is 0 Å². The highest BCUT2D eigenvalue weighted by atomic mass is 35.5. The Bertz CT molecular complexity index is 189. The molecule has 1 aliphatic rings. The van der Waals surface area contributed by atoms with Crippen LogP contribution in [-0.4, -0.2) is 32.3 Å². The van der Waals surface area contributed by atoms with Crippen molar-refractivity contribution >= 4 is 69.6 Å². The summed E-state index contributed by atoms with van der Waals surface area (Å²) in [4.78, 5) is 0. The summed E-state index contributed by atoms with van der Waals surface area (Å²) in [6, 6.07) is 0. The lowest BCUT2D eigenvalue weighted by molar-refractivity contribution is 0.527. The van der Waals surface area contributed by atoms with Crippen molar-refractivity contribution in [1.29, 1.82) is 0 Å². The monoisotopic (exact) mass is 344 g/mol. The molecule has 0 nitrogen and oxygen atoms in total. The first-order chi connectivity index (χ1) is 7.45. The molecule has 0 radical (unpaired) electrons. The fourth-order valence-electron chi connectivity index (χ4n) is 1.75. The lowest BCUT2D eigenvalue weighted by Gasteiger charge is -2.30. The van der Waals surface area contributed by atoms with Crippen LogP contribution in [0.5, 0.6) is 0 Å². The molecule has 1 aliphatic carbocycles. The normalized spacial score (nSPS) is 47.6. The van der Waals surface area contributed by atoms with E-state index in [0.717, 1.165) is 25.7 Å². The van der Waals surface area contributed by atoms with Crippen LogP contribution in [0.15, 0.2) is 0 Å². The summed E-state index contributed by atoms with van der Waals surface area (Å²) < 4.78 is 0. The molecule has 0 spiro atoms. The molecule has 0 N–H and O–H groups in total. The summed E-state index contributed by atoms with van der Waals surface area (Å²) in [5.74, 6) is 0. The Labute approximate surface area is 127 Å². The van der Waals surface area contributed by atoms with Gasteiger partial charge in [-0.2, -0.15) is 0 Å². The second kappa shape index (κ2) is 7.36. The largest absolute Gasteiger partial charge is 0.121 e. The SMILES string of the molecule is ClC1CCCCC(Cl)C(Cl)C(Cl)C(Cl)C1Cl. The maximum absolute atomic E-state index is 6.18. The highest BCUT2D eigenvalue weighted by Gasteiger charge is 2.37. The number of rotatable bonds is 0. The zero-order chi connectivity index (χ0) is 12.3. The Balaban J connectivity index is 2.73. The maximum Gasteiger partial charge on any atom is 0.0692 e. The number of alkyl halides is 6. The molecule has 6 heteroatoms. The van der Waals surface area contributed by atoms with E-state index in [1.165, 1.54) is 0 Å². The van der Waals surface area contributed by atoms with Crippen LogP contribution >= 0.6 is 69.6 Å². The standard InChI is InChI=1S/C10H14Cl6/c11-5-3-1-2-4-6(12)8(14)10(16)9(15)7(5)13/h5-10H,1-4H2. The molecular weight excluding hydrogens is 333 g/mol. The predicted octanol–water partition coefficient (Wildman–Crippen LogP) is 5.20. The molecule has 0 heterocycles. The minimum atomic E-state index is -0.465. The van der Waals surface area contributed by atoms with Crippen LogP contribution in [0.2, 0.25) is 0 Å². The first kappa shape index (κ1) is 15.8. The van der Waals surface area contributed by atoms with Crippen LogP contribution in [0.4, 0.5) is 0 Å². The number of hydrogen-bond donors (Lipinski definition) is 0. The van der Waals surface area contributed by atoms with Crippen LogP contribution in [0.25, 0.3) is 0 Å². The van der Waals surface area contributed by atoms with Gasteiger partial charge in [-0.15, -0.1) is 69.6 Å². The van der Waals surface area contributed by atoms with Gasteiger partial charge >= 0.3 is 0 Å². The highest BCUT2D eigenvalue weighted by Crippen LogP contribution is 2.34. The van der Waals surface area contributed by atoms with Gasteiger partial charge in [-0.3, -0.25) is 0 Å². The lowest BCUT2D eigenvalue weighted by Crippen LogP contribution is -2.40. The van der Waals surface area contributed by atoms with E-state index >= 15 is 0 Å². The summed E-state index contributed by atoms with van der Waals surface area (Å²) in [6.07, 6.45) is 3.64. The topological polar surface area (TPSA) is 0 Å². The van der Waals surface area contributed by atoms with Crippen LogP contribution < -0.4 is 0 Å². The number of hydrogen-bond acceptors (Lipinski definition) is 0. The molecule has 6 atom stereocenters. The van der Waals surface area contributed by atoms with Crippen molar-refractivity contribution in [2.75, 3.05) is 0 Å². The number of halogens is 6. The second-order valence-electron chi connectivity index (χ2n) is 4.09. The lowest BCUT2D eigenvalue weighted by atomic mass is 9.99. The van der Waals surface area contributed by atoms with E-state index in [-0.39, 0.29) is 21.5 Å². The van der Waals surface area contributed by atoms with Crippen molar-refractivity contribution in [3.8, 4) is 0 Å². The third kappa shape index (κ3) is 4.14. The molecule has 0 amide bonds. The first-order valence-electron chi connectivity index (χ1n) is 5.29. The van der Waals surface area contributed by atoms with Gasteiger partial charge < -0.3 is 0 Å². The Morgan fingerprint density at radius 1 is 0.500 bits per heavy atom. The van der Waals surface area contributed by atoms with Crippen molar-refractivity contribution < 1.29 is 0 Å². The van der Waals surface area contributed by atoms with Gasteiger partial charge in [-0.25, -0.2) is 0 Å². The third-order valence-electron chi connectivity index (χ3n) is 2.81. The van der Waals surface area contributed by atoms with Gasteiger partial charge in [0.05, 0.1) is 32.3 Å². The van der Waals surface area contributed by atoms with Gasteiger partial charge in [0.2, 0.25) is 0 Å². The highest BCUT2D eigenvalue weighted by molar-refractivity contribution is 6.41. The molecule has 96 valence electrons. The third-order valence-corrected chi connectivity index (χ3v) is 6.67. The quantitative estimate of drug-likeness (QED) is 0.528. The van der Waals surface area contributed by atoms with E-state index in [2.05, 4.69) is 0 Å². The van der Waals surface area contributed by atoms with Gasteiger partial charge in [0.1, 0.15) is 0 Å². The zero-order valence-corrected chi connectivity index (χ0v) is 13.1. The molecule has 1 saturated carbocycles. The minimum Gasteiger partial charge on any atom is -0.121 e. The summed E-state index contributed by atoms with van der Waals surface area (Å²) >= 11 is 37.1. The molecule has 0 aliphatic heterocycles. The summed E-state index contributed by atoms with van der Waals surface area (Å²) in [6.45, 7) is 0. The summed E-state index contributed by atoms with van der Waals surface area (Å²) in [7, 11) is 0. The molecule has 16 heavy (non-hydrogen) atoms. The molecule has 0 aromatic rings. The van der Waals surface area contributed by atoms with Gasteiger partial charge in [0.15, 0.2) is 0 Å². The van der Waals surface area contributed by atoms with E-state index in [0.29, 0.717) is 0 Å². The summed E-state index contributed by atoms with van der Waals surface area (Å²) in [5.41, 5.74) is 0. The Morgan fingerprint density at radius 2 is 0.812 bits per heavy atom. The molecule has 0 aromatic heterocycles. The zero-order valence-electron chi connectivity index (χ0n) is 8.56. The average Bonchev–Trinajstić information content (AvgIpc) is 2.28.